The first-order chi connectivity index (χ1) is 15.6. The summed E-state index contributed by atoms with van der Waals surface area (Å²) in [6.07, 6.45) is 5.15. The highest BCUT2D eigenvalue weighted by Crippen LogP contribution is 2.32. The van der Waals surface area contributed by atoms with Gasteiger partial charge in [0.15, 0.2) is 5.65 Å². The molecule has 0 saturated heterocycles. The molecule has 0 aliphatic rings. The number of amides is 1. The third kappa shape index (κ3) is 4.02. The van der Waals surface area contributed by atoms with E-state index in [1.165, 1.54) is 0 Å². The lowest BCUT2D eigenvalue weighted by Gasteiger charge is -2.05. The Morgan fingerprint density at radius 3 is 2.88 bits per heavy atom. The van der Waals surface area contributed by atoms with Gasteiger partial charge in [-0.05, 0) is 36.1 Å². The number of benzene rings is 1. The molecule has 0 radical (unpaired) electrons. The zero-order chi connectivity index (χ0) is 22.1. The number of carbonyl (C=O) groups is 1. The van der Waals surface area contributed by atoms with E-state index in [2.05, 4.69) is 26.6 Å². The predicted octanol–water partition coefficient (Wildman–Crippen LogP) is 5.01. The smallest absolute Gasteiger partial charge is 0.246 e. The number of fused-ring (bicyclic) bond motifs is 1. The van der Waals surface area contributed by atoms with Crippen molar-refractivity contribution < 1.29 is 4.79 Å². The van der Waals surface area contributed by atoms with Gasteiger partial charge >= 0.3 is 0 Å². The molecule has 0 aliphatic carbocycles. The number of rotatable bonds is 6. The zero-order valence-electron chi connectivity index (χ0n) is 17.2. The first-order valence-electron chi connectivity index (χ1n) is 10.00. The summed E-state index contributed by atoms with van der Waals surface area (Å²) < 4.78 is 3.38. The van der Waals surface area contributed by atoms with Gasteiger partial charge in [0.2, 0.25) is 5.91 Å². The van der Waals surface area contributed by atoms with Crippen molar-refractivity contribution in [3.05, 3.63) is 82.7 Å². The second-order valence-corrected chi connectivity index (χ2v) is 8.70. The van der Waals surface area contributed by atoms with Crippen LogP contribution in [0.25, 0.3) is 21.5 Å². The van der Waals surface area contributed by atoms with Gasteiger partial charge in [-0.15, -0.1) is 11.3 Å². The quantitative estimate of drug-likeness (QED) is 0.385. The molecule has 0 atom stereocenters. The minimum Gasteiger partial charge on any atom is -0.322 e. The number of anilines is 1. The van der Waals surface area contributed by atoms with Gasteiger partial charge in [-0.2, -0.15) is 10.2 Å². The Bertz CT molecular complexity index is 1410. The van der Waals surface area contributed by atoms with E-state index >= 15 is 0 Å². The van der Waals surface area contributed by atoms with Crippen LogP contribution in [0.1, 0.15) is 11.3 Å². The predicted molar refractivity (Wildman–Crippen MR) is 127 cm³/mol. The number of nitrogens with one attached hydrogen (secondary N) is 1. The summed E-state index contributed by atoms with van der Waals surface area (Å²) in [5.41, 5.74) is 4.19. The van der Waals surface area contributed by atoms with Crippen LogP contribution in [0.4, 0.5) is 5.69 Å². The van der Waals surface area contributed by atoms with Crippen molar-refractivity contribution in [2.24, 2.45) is 0 Å². The van der Waals surface area contributed by atoms with Crippen LogP contribution in [0.3, 0.4) is 0 Å². The van der Waals surface area contributed by atoms with E-state index < -0.39 is 0 Å². The fourth-order valence-electron chi connectivity index (χ4n) is 3.68. The molecule has 5 aromatic rings. The summed E-state index contributed by atoms with van der Waals surface area (Å²) in [5.74, 6) is -0.199. The van der Waals surface area contributed by atoms with Gasteiger partial charge in [-0.3, -0.25) is 9.48 Å². The molecule has 0 spiro atoms. The molecule has 0 bridgehead atoms. The fraction of sp³-hybridized carbons (Fsp3) is 0.130. The van der Waals surface area contributed by atoms with E-state index in [1.807, 2.05) is 48.7 Å². The summed E-state index contributed by atoms with van der Waals surface area (Å²) >= 11 is 7.89. The Morgan fingerprint density at radius 2 is 2.06 bits per heavy atom. The second-order valence-electron chi connectivity index (χ2n) is 7.34. The number of hydrogen-bond donors (Lipinski definition) is 1. The molecular formula is C23H19ClN6OS. The monoisotopic (exact) mass is 462 g/mol. The summed E-state index contributed by atoms with van der Waals surface area (Å²) in [6, 6.07) is 13.7. The van der Waals surface area contributed by atoms with Crippen molar-refractivity contribution in [2.45, 2.75) is 20.0 Å². The van der Waals surface area contributed by atoms with Crippen LogP contribution in [0.5, 0.6) is 0 Å². The lowest BCUT2D eigenvalue weighted by atomic mass is 10.1. The van der Waals surface area contributed by atoms with Gasteiger partial charge in [-0.25, -0.2) is 9.67 Å². The Labute approximate surface area is 193 Å². The summed E-state index contributed by atoms with van der Waals surface area (Å²) in [5, 5.41) is 15.5. The average molecular weight is 463 g/mol. The number of pyridine rings is 1. The molecule has 0 unspecified atom stereocenters. The zero-order valence-corrected chi connectivity index (χ0v) is 18.8. The first kappa shape index (κ1) is 20.4. The Hall–Kier alpha value is -3.49. The molecule has 1 amide bonds. The number of thiophene rings is 1. The maximum atomic E-state index is 12.7. The number of nitrogens with zero attached hydrogens (tertiary/aromatic N) is 5. The van der Waals surface area contributed by atoms with E-state index in [1.54, 1.807) is 39.3 Å². The molecule has 5 rings (SSSR count). The minimum atomic E-state index is -0.199. The van der Waals surface area contributed by atoms with Crippen molar-refractivity contribution in [1.82, 2.24) is 24.5 Å². The molecule has 160 valence electrons. The lowest BCUT2D eigenvalue weighted by molar-refractivity contribution is -0.116. The van der Waals surface area contributed by atoms with E-state index in [9.17, 15) is 4.79 Å². The van der Waals surface area contributed by atoms with Crippen molar-refractivity contribution in [1.29, 1.82) is 0 Å². The number of aromatic nitrogens is 5. The number of halogens is 1. The molecule has 1 N–H and O–H groups in total. The fourth-order valence-corrected chi connectivity index (χ4v) is 4.63. The van der Waals surface area contributed by atoms with Gasteiger partial charge < -0.3 is 5.32 Å². The summed E-state index contributed by atoms with van der Waals surface area (Å²) in [4.78, 5) is 18.4. The van der Waals surface area contributed by atoms with Crippen molar-refractivity contribution in [2.75, 3.05) is 5.32 Å². The maximum absolute atomic E-state index is 12.7. The second kappa shape index (κ2) is 8.57. The first-order valence-corrected chi connectivity index (χ1v) is 11.3. The van der Waals surface area contributed by atoms with E-state index in [-0.39, 0.29) is 12.5 Å². The molecule has 32 heavy (non-hydrogen) atoms. The van der Waals surface area contributed by atoms with Crippen LogP contribution >= 0.6 is 22.9 Å². The van der Waals surface area contributed by atoms with Crippen LogP contribution in [-0.4, -0.2) is 30.5 Å². The SMILES string of the molecule is Cc1nn(CC(=O)Nc2cnn(Cc3ccccc3Cl)c2)c2nccc(-c3cccs3)c12. The van der Waals surface area contributed by atoms with Crippen LogP contribution in [0.2, 0.25) is 5.02 Å². The minimum absolute atomic E-state index is 0.0565. The highest BCUT2D eigenvalue weighted by atomic mass is 35.5. The van der Waals surface area contributed by atoms with Crippen LogP contribution < -0.4 is 5.32 Å². The standard InChI is InChI=1S/C23H19ClN6OS/c1-15-22-18(20-7-4-10-32-20)8-9-25-23(22)30(28-15)14-21(31)27-17-11-26-29(13-17)12-16-5-2-3-6-19(16)24/h2-11,13H,12,14H2,1H3,(H,27,31). The summed E-state index contributed by atoms with van der Waals surface area (Å²) in [6.45, 7) is 2.52. The average Bonchev–Trinajstić information content (AvgIpc) is 3.52. The lowest BCUT2D eigenvalue weighted by Crippen LogP contribution is -2.19. The van der Waals surface area contributed by atoms with Gasteiger partial charge in [0.05, 0.1) is 29.5 Å². The highest BCUT2D eigenvalue weighted by molar-refractivity contribution is 7.13. The van der Waals surface area contributed by atoms with Gasteiger partial charge in [0, 0.05) is 27.9 Å². The molecule has 7 nitrogen and oxygen atoms in total. The third-order valence-corrected chi connectivity index (χ3v) is 6.37. The molecule has 0 fully saturated rings. The molecule has 1 aromatic carbocycles. The molecule has 0 aliphatic heterocycles. The van der Waals surface area contributed by atoms with Gasteiger partial charge in [-0.1, -0.05) is 35.9 Å². The topological polar surface area (TPSA) is 77.6 Å². The Balaban J connectivity index is 1.32. The van der Waals surface area contributed by atoms with Crippen molar-refractivity contribution >= 4 is 45.6 Å². The number of aryl methyl sites for hydroxylation is 1. The van der Waals surface area contributed by atoms with Crippen molar-refractivity contribution in [3.63, 3.8) is 0 Å². The molecular weight excluding hydrogens is 444 g/mol. The van der Waals surface area contributed by atoms with E-state index in [0.29, 0.717) is 22.9 Å². The third-order valence-electron chi connectivity index (χ3n) is 5.10. The molecule has 0 saturated carbocycles. The maximum Gasteiger partial charge on any atom is 0.246 e. The molecule has 4 aromatic heterocycles. The van der Waals surface area contributed by atoms with Gasteiger partial charge in [0.25, 0.3) is 0 Å². The Morgan fingerprint density at radius 1 is 1.19 bits per heavy atom. The van der Waals surface area contributed by atoms with Crippen LogP contribution in [0, 0.1) is 6.92 Å². The summed E-state index contributed by atoms with van der Waals surface area (Å²) in [7, 11) is 0. The van der Waals surface area contributed by atoms with E-state index in [4.69, 9.17) is 11.6 Å². The van der Waals surface area contributed by atoms with Crippen LogP contribution in [-0.2, 0) is 17.9 Å². The normalized spacial score (nSPS) is 11.2. The largest absolute Gasteiger partial charge is 0.322 e. The number of hydrogen-bond acceptors (Lipinski definition) is 5. The molecule has 9 heteroatoms. The number of carbonyl (C=O) groups excluding carboxylic acids is 1. The Kier molecular flexibility index (Phi) is 5.46. The van der Waals surface area contributed by atoms with Gasteiger partial charge in [0.1, 0.15) is 6.54 Å². The van der Waals surface area contributed by atoms with Crippen LogP contribution in [0.15, 0.2) is 66.4 Å². The van der Waals surface area contributed by atoms with E-state index in [0.717, 1.165) is 27.1 Å². The molecule has 4 heterocycles. The van der Waals surface area contributed by atoms with Crippen molar-refractivity contribution in [3.8, 4) is 10.4 Å². The highest BCUT2D eigenvalue weighted by Gasteiger charge is 2.16.